The fourth-order valence-electron chi connectivity index (χ4n) is 2.56. The third-order valence-electron chi connectivity index (χ3n) is 4.44. The first-order valence-corrected chi connectivity index (χ1v) is 11.2. The summed E-state index contributed by atoms with van der Waals surface area (Å²) in [6.07, 6.45) is 0.759. The molecule has 0 spiro atoms. The van der Waals surface area contributed by atoms with Gasteiger partial charge < -0.3 is 20.3 Å². The van der Waals surface area contributed by atoms with Crippen LogP contribution in [0.5, 0.6) is 5.75 Å². The second-order valence-electron chi connectivity index (χ2n) is 7.02. The smallest absolute Gasteiger partial charge is 0.241 e. The molecule has 0 saturated heterocycles. The zero-order valence-electron chi connectivity index (χ0n) is 18.0. The number of hydrogen-bond donors (Lipinski definition) is 3. The lowest BCUT2D eigenvalue weighted by molar-refractivity contribution is -0.127. The van der Waals surface area contributed by atoms with E-state index in [0.717, 1.165) is 23.3 Å². The first-order valence-electron chi connectivity index (χ1n) is 9.66. The van der Waals surface area contributed by atoms with Crippen LogP contribution in [0.1, 0.15) is 11.1 Å². The number of nitrogens with one attached hydrogen (secondary N) is 2. The Labute approximate surface area is 183 Å². The minimum Gasteiger partial charge on any atom is -0.497 e. The molecule has 0 aliphatic carbocycles. The molecule has 0 fully saturated rings. The van der Waals surface area contributed by atoms with Gasteiger partial charge in [-0.25, -0.2) is 18.5 Å². The maximum atomic E-state index is 11.9. The molecule has 0 heterocycles. The number of nitrogens with zero attached hydrogens (tertiary/aromatic N) is 2. The highest BCUT2D eigenvalue weighted by molar-refractivity contribution is 7.89. The van der Waals surface area contributed by atoms with Crippen LogP contribution < -0.4 is 20.5 Å². The molecule has 0 radical (unpaired) electrons. The molecule has 31 heavy (non-hydrogen) atoms. The van der Waals surface area contributed by atoms with E-state index in [9.17, 15) is 13.2 Å². The van der Waals surface area contributed by atoms with Crippen molar-refractivity contribution >= 4 is 21.9 Å². The van der Waals surface area contributed by atoms with Crippen molar-refractivity contribution in [2.45, 2.75) is 17.9 Å². The molecule has 0 aliphatic rings. The van der Waals surface area contributed by atoms with Crippen LogP contribution in [0, 0.1) is 0 Å². The van der Waals surface area contributed by atoms with E-state index < -0.39 is 10.0 Å². The van der Waals surface area contributed by atoms with E-state index in [4.69, 9.17) is 9.88 Å². The highest BCUT2D eigenvalue weighted by Gasteiger charge is 2.08. The van der Waals surface area contributed by atoms with Crippen molar-refractivity contribution in [3.8, 4) is 5.75 Å². The molecule has 168 valence electrons. The zero-order chi connectivity index (χ0) is 22.9. The number of carbonyl (C=O) groups excluding carboxylic acids is 1. The standard InChI is InChI=1S/C21H29N5O4S/c1-26(2)20(27)15-25-21(23-13-12-16-4-8-18(30-3)9-5-16)24-14-17-6-10-19(11-7-17)31(22,28)29/h4-11H,12-15H2,1-3H3,(H2,22,28,29)(H2,23,24,25). The number of carbonyl (C=O) groups is 1. The van der Waals surface area contributed by atoms with Gasteiger partial charge in [-0.2, -0.15) is 0 Å². The van der Waals surface area contributed by atoms with E-state index in [0.29, 0.717) is 19.0 Å². The summed E-state index contributed by atoms with van der Waals surface area (Å²) < 4.78 is 27.9. The lowest BCUT2D eigenvalue weighted by Gasteiger charge is -2.15. The Balaban J connectivity index is 2.01. The van der Waals surface area contributed by atoms with Crippen molar-refractivity contribution in [2.75, 3.05) is 34.3 Å². The fourth-order valence-corrected chi connectivity index (χ4v) is 3.08. The SMILES string of the molecule is COc1ccc(CCNC(=NCc2ccc(S(N)(=O)=O)cc2)NCC(=O)N(C)C)cc1. The number of sulfonamides is 1. The Morgan fingerprint density at radius 1 is 1.03 bits per heavy atom. The molecule has 0 unspecified atom stereocenters. The first kappa shape index (κ1) is 24.2. The van der Waals surface area contributed by atoms with E-state index in [1.165, 1.54) is 17.0 Å². The van der Waals surface area contributed by atoms with Gasteiger partial charge in [-0.1, -0.05) is 24.3 Å². The molecule has 2 rings (SSSR count). The number of rotatable bonds is 9. The minimum atomic E-state index is -3.73. The van der Waals surface area contributed by atoms with Gasteiger partial charge in [-0.15, -0.1) is 0 Å². The summed E-state index contributed by atoms with van der Waals surface area (Å²) in [6.45, 7) is 1.02. The zero-order valence-corrected chi connectivity index (χ0v) is 18.8. The van der Waals surface area contributed by atoms with Crippen molar-refractivity contribution in [2.24, 2.45) is 10.1 Å². The van der Waals surface area contributed by atoms with E-state index >= 15 is 0 Å². The number of ether oxygens (including phenoxy) is 1. The summed E-state index contributed by atoms with van der Waals surface area (Å²) in [4.78, 5) is 18.0. The summed E-state index contributed by atoms with van der Waals surface area (Å²) in [7, 11) is 1.27. The van der Waals surface area contributed by atoms with Gasteiger partial charge in [0.05, 0.1) is 25.1 Å². The normalized spacial score (nSPS) is 11.7. The Hall–Kier alpha value is -3.11. The molecule has 9 nitrogen and oxygen atoms in total. The monoisotopic (exact) mass is 447 g/mol. The van der Waals surface area contributed by atoms with E-state index in [1.54, 1.807) is 33.3 Å². The number of aliphatic imine (C=N–C) groups is 1. The quantitative estimate of drug-likeness (QED) is 0.384. The first-order chi connectivity index (χ1) is 14.7. The minimum absolute atomic E-state index is 0.0489. The van der Waals surface area contributed by atoms with Gasteiger partial charge in [-0.3, -0.25) is 4.79 Å². The topological polar surface area (TPSA) is 126 Å². The Kier molecular flexibility index (Phi) is 8.83. The van der Waals surface area contributed by atoms with Crippen LogP contribution in [-0.4, -0.2) is 59.5 Å². The number of benzene rings is 2. The summed E-state index contributed by atoms with van der Waals surface area (Å²) in [5, 5.41) is 11.4. The third kappa shape index (κ3) is 8.27. The largest absolute Gasteiger partial charge is 0.497 e. The van der Waals surface area contributed by atoms with Gasteiger partial charge in [0, 0.05) is 20.6 Å². The number of nitrogens with two attached hydrogens (primary N) is 1. The van der Waals surface area contributed by atoms with Gasteiger partial charge >= 0.3 is 0 Å². The van der Waals surface area contributed by atoms with Crippen molar-refractivity contribution in [1.29, 1.82) is 0 Å². The molecular formula is C21H29N5O4S. The van der Waals surface area contributed by atoms with Gasteiger partial charge in [-0.05, 0) is 41.8 Å². The lowest BCUT2D eigenvalue weighted by Crippen LogP contribution is -2.43. The summed E-state index contributed by atoms with van der Waals surface area (Å²) in [6, 6.07) is 14.0. The van der Waals surface area contributed by atoms with Crippen LogP contribution in [-0.2, 0) is 27.8 Å². The number of methoxy groups -OCH3 is 1. The van der Waals surface area contributed by atoms with Gasteiger partial charge in [0.25, 0.3) is 0 Å². The Morgan fingerprint density at radius 2 is 1.65 bits per heavy atom. The molecule has 10 heteroatoms. The summed E-state index contributed by atoms with van der Waals surface area (Å²) in [5.74, 6) is 1.21. The fraction of sp³-hybridized carbons (Fsp3) is 0.333. The van der Waals surface area contributed by atoms with Crippen LogP contribution in [0.25, 0.3) is 0 Å². The average Bonchev–Trinajstić information content (AvgIpc) is 2.75. The number of primary sulfonamides is 1. The highest BCUT2D eigenvalue weighted by Crippen LogP contribution is 2.11. The van der Waals surface area contributed by atoms with Crippen LogP contribution in [0.4, 0.5) is 0 Å². The predicted octanol–water partition coefficient (Wildman–Crippen LogP) is 0.709. The molecular weight excluding hydrogens is 418 g/mol. The van der Waals surface area contributed by atoms with Crippen molar-refractivity contribution in [3.63, 3.8) is 0 Å². The third-order valence-corrected chi connectivity index (χ3v) is 5.37. The molecule has 0 bridgehead atoms. The molecule has 2 aromatic rings. The van der Waals surface area contributed by atoms with Crippen molar-refractivity contribution in [3.05, 3.63) is 59.7 Å². The van der Waals surface area contributed by atoms with E-state index in [-0.39, 0.29) is 17.3 Å². The number of hydrogen-bond acceptors (Lipinski definition) is 5. The molecule has 0 saturated carbocycles. The Morgan fingerprint density at radius 3 is 2.19 bits per heavy atom. The molecule has 0 aromatic heterocycles. The molecule has 1 amide bonds. The second kappa shape index (κ2) is 11.3. The number of amides is 1. The van der Waals surface area contributed by atoms with Gasteiger partial charge in [0.15, 0.2) is 5.96 Å². The van der Waals surface area contributed by atoms with Gasteiger partial charge in [0.1, 0.15) is 5.75 Å². The number of likely N-dealkylation sites (N-methyl/N-ethyl adjacent to an activating group) is 1. The Bertz CT molecular complexity index is 987. The molecule has 0 atom stereocenters. The van der Waals surface area contributed by atoms with Crippen LogP contribution in [0.15, 0.2) is 58.4 Å². The second-order valence-corrected chi connectivity index (χ2v) is 8.58. The number of guanidine groups is 1. The maximum Gasteiger partial charge on any atom is 0.241 e. The van der Waals surface area contributed by atoms with Crippen LogP contribution in [0.3, 0.4) is 0 Å². The van der Waals surface area contributed by atoms with E-state index in [2.05, 4.69) is 15.6 Å². The van der Waals surface area contributed by atoms with Crippen molar-refractivity contribution in [1.82, 2.24) is 15.5 Å². The molecule has 2 aromatic carbocycles. The van der Waals surface area contributed by atoms with Gasteiger partial charge in [0.2, 0.25) is 15.9 Å². The van der Waals surface area contributed by atoms with E-state index in [1.807, 2.05) is 24.3 Å². The average molecular weight is 448 g/mol. The molecule has 0 aliphatic heterocycles. The lowest BCUT2D eigenvalue weighted by atomic mass is 10.1. The predicted molar refractivity (Wildman–Crippen MR) is 120 cm³/mol. The van der Waals surface area contributed by atoms with Crippen LogP contribution >= 0.6 is 0 Å². The highest BCUT2D eigenvalue weighted by atomic mass is 32.2. The van der Waals surface area contributed by atoms with Crippen LogP contribution in [0.2, 0.25) is 0 Å². The maximum absolute atomic E-state index is 11.9. The summed E-state index contributed by atoms with van der Waals surface area (Å²) in [5.41, 5.74) is 1.94. The summed E-state index contributed by atoms with van der Waals surface area (Å²) >= 11 is 0. The molecule has 4 N–H and O–H groups in total. The van der Waals surface area contributed by atoms with Crippen molar-refractivity contribution < 1.29 is 17.9 Å².